The fourth-order valence-electron chi connectivity index (χ4n) is 2.40. The van der Waals surface area contributed by atoms with Gasteiger partial charge in [-0.25, -0.2) is 4.79 Å². The molecule has 2 atom stereocenters. The first-order chi connectivity index (χ1) is 10.2. The molecule has 3 rings (SSSR count). The van der Waals surface area contributed by atoms with E-state index in [-0.39, 0.29) is 18.2 Å². The van der Waals surface area contributed by atoms with Gasteiger partial charge in [-0.1, -0.05) is 0 Å². The first-order valence-corrected chi connectivity index (χ1v) is 7.64. The maximum atomic E-state index is 12.0. The summed E-state index contributed by atoms with van der Waals surface area (Å²) in [4.78, 5) is 13.3. The molecular weight excluding hydrogens is 288 g/mol. The van der Waals surface area contributed by atoms with Gasteiger partial charge in [-0.05, 0) is 30.0 Å². The Labute approximate surface area is 126 Å². The second kappa shape index (κ2) is 6.19. The maximum absolute atomic E-state index is 12.0. The Balaban J connectivity index is 1.62. The first-order valence-electron chi connectivity index (χ1n) is 6.76. The van der Waals surface area contributed by atoms with Crippen molar-refractivity contribution in [2.24, 2.45) is 0 Å². The number of thiophene rings is 1. The minimum atomic E-state index is -0.276. The van der Waals surface area contributed by atoms with Crippen LogP contribution in [0.4, 0.5) is 10.5 Å². The fraction of sp³-hybridized carbons (Fsp3) is 0.357. The van der Waals surface area contributed by atoms with E-state index in [4.69, 9.17) is 4.74 Å². The lowest BCUT2D eigenvalue weighted by molar-refractivity contribution is 0.0238. The monoisotopic (exact) mass is 304 g/mol. The van der Waals surface area contributed by atoms with Gasteiger partial charge in [0.15, 0.2) is 0 Å². The van der Waals surface area contributed by atoms with Crippen LogP contribution in [0, 0.1) is 0 Å². The molecule has 7 heteroatoms. The molecule has 2 amide bonds. The molecule has 1 aliphatic heterocycles. The van der Waals surface area contributed by atoms with Crippen molar-refractivity contribution in [3.05, 3.63) is 40.3 Å². The van der Waals surface area contributed by atoms with Crippen LogP contribution >= 0.6 is 11.3 Å². The molecule has 0 saturated carbocycles. The van der Waals surface area contributed by atoms with E-state index < -0.39 is 0 Å². The minimum absolute atomic E-state index is 0.0960. The molecule has 0 aromatic carbocycles. The summed E-state index contributed by atoms with van der Waals surface area (Å²) in [6.07, 6.45) is 3.88. The lowest BCUT2D eigenvalue weighted by atomic mass is 10.0. The number of anilines is 1. The van der Waals surface area contributed by atoms with E-state index in [0.29, 0.717) is 12.3 Å². The SMILES string of the molecule is CC(NC(=O)Nc1ccnnc1)C1OCCc2sccc21. The molecule has 3 heterocycles. The maximum Gasteiger partial charge on any atom is 0.319 e. The fourth-order valence-corrected chi connectivity index (χ4v) is 3.30. The average molecular weight is 304 g/mol. The van der Waals surface area contributed by atoms with Crippen molar-refractivity contribution in [2.45, 2.75) is 25.5 Å². The van der Waals surface area contributed by atoms with Crippen LogP contribution in [0.15, 0.2) is 29.9 Å². The topological polar surface area (TPSA) is 76.1 Å². The zero-order valence-corrected chi connectivity index (χ0v) is 12.4. The van der Waals surface area contributed by atoms with Gasteiger partial charge in [0.25, 0.3) is 0 Å². The standard InChI is InChI=1S/C14H16N4O2S/c1-9(13-11-4-7-21-12(11)3-6-20-13)17-14(19)18-10-2-5-15-16-8-10/h2,4-5,7-9,13H,3,6H2,1H3,(H2,15,17,18,19). The highest BCUT2D eigenvalue weighted by atomic mass is 32.1. The van der Waals surface area contributed by atoms with Crippen molar-refractivity contribution in [2.75, 3.05) is 11.9 Å². The molecule has 6 nitrogen and oxygen atoms in total. The third-order valence-corrected chi connectivity index (χ3v) is 4.36. The van der Waals surface area contributed by atoms with Crippen LogP contribution in [0.2, 0.25) is 0 Å². The van der Waals surface area contributed by atoms with Gasteiger partial charge in [0.2, 0.25) is 0 Å². The van der Waals surface area contributed by atoms with Crippen LogP contribution in [-0.4, -0.2) is 28.9 Å². The normalized spacial score (nSPS) is 18.6. The number of carbonyl (C=O) groups excluding carboxylic acids is 1. The number of nitrogens with zero attached hydrogens (tertiary/aromatic N) is 2. The summed E-state index contributed by atoms with van der Waals surface area (Å²) in [6.45, 7) is 2.64. The van der Waals surface area contributed by atoms with E-state index >= 15 is 0 Å². The number of amides is 2. The molecule has 1 aliphatic rings. The van der Waals surface area contributed by atoms with Crippen LogP contribution in [0.3, 0.4) is 0 Å². The van der Waals surface area contributed by atoms with Crippen molar-refractivity contribution >= 4 is 23.1 Å². The molecule has 0 bridgehead atoms. The van der Waals surface area contributed by atoms with Crippen LogP contribution in [0.25, 0.3) is 0 Å². The molecular formula is C14H16N4O2S. The largest absolute Gasteiger partial charge is 0.371 e. The van der Waals surface area contributed by atoms with Crippen molar-refractivity contribution < 1.29 is 9.53 Å². The van der Waals surface area contributed by atoms with Crippen LogP contribution in [0.1, 0.15) is 23.5 Å². The number of hydrogen-bond donors (Lipinski definition) is 2. The zero-order chi connectivity index (χ0) is 14.7. The molecule has 110 valence electrons. The molecule has 0 fully saturated rings. The summed E-state index contributed by atoms with van der Waals surface area (Å²) in [5.41, 5.74) is 1.79. The van der Waals surface area contributed by atoms with Crippen LogP contribution in [0.5, 0.6) is 0 Å². The first kappa shape index (κ1) is 14.0. The smallest absolute Gasteiger partial charge is 0.319 e. The number of rotatable bonds is 3. The number of hydrogen-bond acceptors (Lipinski definition) is 5. The molecule has 2 aromatic heterocycles. The number of ether oxygens (including phenoxy) is 1. The van der Waals surface area contributed by atoms with E-state index in [1.54, 1.807) is 17.4 Å². The lowest BCUT2D eigenvalue weighted by Crippen LogP contribution is -2.41. The Kier molecular flexibility index (Phi) is 4.12. The molecule has 0 saturated heterocycles. The van der Waals surface area contributed by atoms with Crippen molar-refractivity contribution in [1.82, 2.24) is 15.5 Å². The Morgan fingerprint density at radius 3 is 3.19 bits per heavy atom. The summed E-state index contributed by atoms with van der Waals surface area (Å²) in [5, 5.41) is 15.1. The van der Waals surface area contributed by atoms with Crippen molar-refractivity contribution in [1.29, 1.82) is 0 Å². The predicted octanol–water partition coefficient (Wildman–Crippen LogP) is 2.36. The summed E-state index contributed by atoms with van der Waals surface area (Å²) >= 11 is 1.74. The number of urea groups is 1. The summed E-state index contributed by atoms with van der Waals surface area (Å²) in [5.74, 6) is 0. The lowest BCUT2D eigenvalue weighted by Gasteiger charge is -2.29. The quantitative estimate of drug-likeness (QED) is 0.912. The number of aromatic nitrogens is 2. The molecule has 2 unspecified atom stereocenters. The molecule has 0 spiro atoms. The van der Waals surface area contributed by atoms with E-state index in [1.807, 2.05) is 6.92 Å². The van der Waals surface area contributed by atoms with Gasteiger partial charge in [-0.3, -0.25) is 0 Å². The zero-order valence-electron chi connectivity index (χ0n) is 11.6. The number of carbonyl (C=O) groups is 1. The van der Waals surface area contributed by atoms with Gasteiger partial charge >= 0.3 is 6.03 Å². The summed E-state index contributed by atoms with van der Waals surface area (Å²) in [7, 11) is 0. The second-order valence-corrected chi connectivity index (χ2v) is 5.86. The summed E-state index contributed by atoms with van der Waals surface area (Å²) < 4.78 is 5.82. The van der Waals surface area contributed by atoms with Gasteiger partial charge in [-0.2, -0.15) is 10.2 Å². The van der Waals surface area contributed by atoms with Gasteiger partial charge < -0.3 is 15.4 Å². The second-order valence-electron chi connectivity index (χ2n) is 4.86. The highest BCUT2D eigenvalue weighted by molar-refractivity contribution is 7.10. The average Bonchev–Trinajstić information content (AvgIpc) is 2.96. The van der Waals surface area contributed by atoms with E-state index in [2.05, 4.69) is 32.3 Å². The van der Waals surface area contributed by atoms with Crippen LogP contribution < -0.4 is 10.6 Å². The minimum Gasteiger partial charge on any atom is -0.371 e. The van der Waals surface area contributed by atoms with E-state index in [1.165, 1.54) is 22.8 Å². The molecule has 21 heavy (non-hydrogen) atoms. The Morgan fingerprint density at radius 1 is 1.48 bits per heavy atom. The van der Waals surface area contributed by atoms with Gasteiger partial charge in [0, 0.05) is 11.3 Å². The van der Waals surface area contributed by atoms with E-state index in [0.717, 1.165) is 6.42 Å². The Morgan fingerprint density at radius 2 is 2.38 bits per heavy atom. The third kappa shape index (κ3) is 3.20. The number of nitrogens with one attached hydrogen (secondary N) is 2. The highest BCUT2D eigenvalue weighted by Crippen LogP contribution is 2.33. The van der Waals surface area contributed by atoms with Crippen molar-refractivity contribution in [3.8, 4) is 0 Å². The highest BCUT2D eigenvalue weighted by Gasteiger charge is 2.27. The molecule has 0 radical (unpaired) electrons. The summed E-state index contributed by atoms with van der Waals surface area (Å²) in [6, 6.07) is 3.37. The number of fused-ring (bicyclic) bond motifs is 1. The molecule has 0 aliphatic carbocycles. The predicted molar refractivity (Wildman–Crippen MR) is 80.4 cm³/mol. The van der Waals surface area contributed by atoms with Crippen LogP contribution in [-0.2, 0) is 11.2 Å². The van der Waals surface area contributed by atoms with Gasteiger partial charge in [0.1, 0.15) is 6.10 Å². The van der Waals surface area contributed by atoms with E-state index in [9.17, 15) is 4.79 Å². The Bertz CT molecular complexity index is 616. The molecule has 2 N–H and O–H groups in total. The van der Waals surface area contributed by atoms with Gasteiger partial charge in [0.05, 0.1) is 30.7 Å². The Hall–Kier alpha value is -1.99. The van der Waals surface area contributed by atoms with Gasteiger partial charge in [-0.15, -0.1) is 11.3 Å². The third-order valence-electron chi connectivity index (χ3n) is 3.37. The molecule has 2 aromatic rings. The van der Waals surface area contributed by atoms with Crippen molar-refractivity contribution in [3.63, 3.8) is 0 Å².